The first kappa shape index (κ1) is 22.1. The van der Waals surface area contributed by atoms with Gasteiger partial charge >= 0.3 is 0 Å². The van der Waals surface area contributed by atoms with E-state index in [0.717, 1.165) is 20.4 Å². The fraction of sp³-hybridized carbons (Fsp3) is 0.286. The van der Waals surface area contributed by atoms with Crippen molar-refractivity contribution in [1.82, 2.24) is 14.8 Å². The number of rotatable bonds is 7. The monoisotopic (exact) mass is 540 g/mol. The zero-order chi connectivity index (χ0) is 21.0. The first-order valence-electron chi connectivity index (χ1n) is 9.30. The molecule has 0 atom stereocenters. The maximum atomic E-state index is 12.6. The molecule has 1 amide bonds. The third-order valence-electron chi connectivity index (χ3n) is 4.39. The van der Waals surface area contributed by atoms with Gasteiger partial charge in [0.05, 0.1) is 10.8 Å². The van der Waals surface area contributed by atoms with E-state index in [-0.39, 0.29) is 11.7 Å². The maximum absolute atomic E-state index is 12.6. The van der Waals surface area contributed by atoms with E-state index < -0.39 is 0 Å². The highest BCUT2D eigenvalue weighted by molar-refractivity contribution is 14.1. The molecule has 0 bridgehead atoms. The minimum absolute atomic E-state index is 0.0666. The molecule has 0 spiro atoms. The van der Waals surface area contributed by atoms with Crippen molar-refractivity contribution in [2.75, 3.05) is 11.1 Å². The fourth-order valence-corrected chi connectivity index (χ4v) is 4.50. The molecule has 0 aliphatic heterocycles. The highest BCUT2D eigenvalue weighted by Gasteiger charge is 2.17. The Morgan fingerprint density at radius 2 is 2.00 bits per heavy atom. The molecule has 8 heteroatoms. The number of benzene rings is 2. The topological polar surface area (TPSA) is 59.8 Å². The van der Waals surface area contributed by atoms with Gasteiger partial charge in [-0.1, -0.05) is 49.3 Å². The number of hydrogen-bond donors (Lipinski definition) is 1. The Kier molecular flexibility index (Phi) is 7.59. The summed E-state index contributed by atoms with van der Waals surface area (Å²) in [5, 5.41) is 12.9. The van der Waals surface area contributed by atoms with Gasteiger partial charge in [0.1, 0.15) is 0 Å². The number of anilines is 1. The summed E-state index contributed by atoms with van der Waals surface area (Å²) < 4.78 is 3.13. The molecule has 1 N–H and O–H groups in total. The molecule has 0 aliphatic rings. The van der Waals surface area contributed by atoms with E-state index in [2.05, 4.69) is 58.0 Å². The maximum Gasteiger partial charge on any atom is 0.234 e. The number of carbonyl (C=O) groups is 1. The van der Waals surface area contributed by atoms with Gasteiger partial charge in [-0.05, 0) is 71.3 Å². The number of aromatic nitrogens is 3. The average molecular weight is 541 g/mol. The van der Waals surface area contributed by atoms with Gasteiger partial charge in [0.2, 0.25) is 5.91 Å². The highest BCUT2D eigenvalue weighted by Crippen LogP contribution is 2.30. The Bertz CT molecular complexity index is 1020. The van der Waals surface area contributed by atoms with Crippen LogP contribution in [0.25, 0.3) is 11.4 Å². The second-order valence-corrected chi connectivity index (χ2v) is 9.35. The van der Waals surface area contributed by atoms with Crippen LogP contribution in [-0.2, 0) is 11.3 Å². The van der Waals surface area contributed by atoms with Gasteiger partial charge in [0, 0.05) is 21.4 Å². The van der Waals surface area contributed by atoms with E-state index in [1.807, 2.05) is 47.9 Å². The molecular formula is C21H22ClIN4OS. The molecule has 2 aromatic carbocycles. The number of amides is 1. The lowest BCUT2D eigenvalue weighted by Crippen LogP contribution is -2.16. The van der Waals surface area contributed by atoms with Gasteiger partial charge in [0.25, 0.3) is 0 Å². The Labute approximate surface area is 193 Å². The van der Waals surface area contributed by atoms with Crippen LogP contribution >= 0.6 is 46.0 Å². The number of nitrogens with zero attached hydrogens (tertiary/aromatic N) is 3. The molecule has 29 heavy (non-hydrogen) atoms. The summed E-state index contributed by atoms with van der Waals surface area (Å²) in [7, 11) is 0. The van der Waals surface area contributed by atoms with E-state index in [1.165, 1.54) is 11.8 Å². The van der Waals surface area contributed by atoms with Crippen molar-refractivity contribution < 1.29 is 4.79 Å². The molecule has 5 nitrogen and oxygen atoms in total. The third kappa shape index (κ3) is 5.32. The van der Waals surface area contributed by atoms with Crippen LogP contribution in [0.2, 0.25) is 5.02 Å². The Balaban J connectivity index is 1.73. The van der Waals surface area contributed by atoms with Crippen LogP contribution in [0, 0.1) is 3.57 Å². The highest BCUT2D eigenvalue weighted by atomic mass is 127. The Morgan fingerprint density at radius 3 is 2.69 bits per heavy atom. The summed E-state index contributed by atoms with van der Waals surface area (Å²) in [5.74, 6) is 1.22. The molecule has 0 unspecified atom stereocenters. The average Bonchev–Trinajstić information content (AvgIpc) is 3.10. The lowest BCUT2D eigenvalue weighted by atomic mass is 10.0. The number of halogens is 2. The summed E-state index contributed by atoms with van der Waals surface area (Å²) in [5.41, 5.74) is 2.83. The molecule has 0 aliphatic carbocycles. The van der Waals surface area contributed by atoms with Gasteiger partial charge in [-0.15, -0.1) is 10.2 Å². The van der Waals surface area contributed by atoms with Gasteiger partial charge < -0.3 is 9.88 Å². The first-order chi connectivity index (χ1) is 13.9. The summed E-state index contributed by atoms with van der Waals surface area (Å²) in [6.45, 7) is 6.95. The molecule has 0 saturated carbocycles. The standard InChI is InChI=1S/C21H22ClIN4OS/c1-4-27-20(15-7-5-6-8-17(15)22)25-26-21(27)29-12-19(28)24-18-10-9-14(23)11-16(18)13(2)3/h5-11,13H,4,12H2,1-3H3,(H,24,28). The zero-order valence-corrected chi connectivity index (χ0v) is 20.2. The van der Waals surface area contributed by atoms with Gasteiger partial charge in [-0.3, -0.25) is 4.79 Å². The summed E-state index contributed by atoms with van der Waals surface area (Å²) in [6, 6.07) is 13.6. The van der Waals surface area contributed by atoms with Crippen molar-refractivity contribution in [3.8, 4) is 11.4 Å². The summed E-state index contributed by atoms with van der Waals surface area (Å²) >= 11 is 9.97. The molecule has 1 aromatic heterocycles. The van der Waals surface area contributed by atoms with Crippen LogP contribution in [0.1, 0.15) is 32.3 Å². The van der Waals surface area contributed by atoms with Gasteiger partial charge in [-0.25, -0.2) is 0 Å². The molecule has 0 saturated heterocycles. The van der Waals surface area contributed by atoms with Crippen molar-refractivity contribution in [3.63, 3.8) is 0 Å². The number of thioether (sulfide) groups is 1. The molecule has 0 fully saturated rings. The second-order valence-electron chi connectivity index (χ2n) is 6.75. The van der Waals surface area contributed by atoms with Gasteiger partial charge in [-0.2, -0.15) is 0 Å². The zero-order valence-electron chi connectivity index (χ0n) is 16.4. The number of carbonyl (C=O) groups excluding carboxylic acids is 1. The van der Waals surface area contributed by atoms with Crippen LogP contribution < -0.4 is 5.32 Å². The predicted octanol–water partition coefficient (Wildman–Crippen LogP) is 6.08. The SMILES string of the molecule is CCn1c(SCC(=O)Nc2ccc(I)cc2C(C)C)nnc1-c1ccccc1Cl. The second kappa shape index (κ2) is 9.95. The van der Waals surface area contributed by atoms with Crippen LogP contribution in [0.15, 0.2) is 47.6 Å². The lowest BCUT2D eigenvalue weighted by molar-refractivity contribution is -0.113. The Morgan fingerprint density at radius 1 is 1.24 bits per heavy atom. The molecule has 152 valence electrons. The molecular weight excluding hydrogens is 519 g/mol. The summed E-state index contributed by atoms with van der Waals surface area (Å²) in [4.78, 5) is 12.6. The smallest absolute Gasteiger partial charge is 0.234 e. The van der Waals surface area contributed by atoms with E-state index in [9.17, 15) is 4.79 Å². The lowest BCUT2D eigenvalue weighted by Gasteiger charge is -2.14. The number of hydrogen-bond acceptors (Lipinski definition) is 4. The quantitative estimate of drug-likeness (QED) is 0.292. The van der Waals surface area contributed by atoms with Crippen molar-refractivity contribution in [2.24, 2.45) is 0 Å². The molecule has 3 aromatic rings. The van der Waals surface area contributed by atoms with E-state index in [1.54, 1.807) is 0 Å². The van der Waals surface area contributed by atoms with Crippen molar-refractivity contribution in [2.45, 2.75) is 38.4 Å². The van der Waals surface area contributed by atoms with Gasteiger partial charge in [0.15, 0.2) is 11.0 Å². The largest absolute Gasteiger partial charge is 0.325 e. The van der Waals surface area contributed by atoms with Crippen molar-refractivity contribution >= 4 is 57.5 Å². The van der Waals surface area contributed by atoms with Crippen LogP contribution in [0.4, 0.5) is 5.69 Å². The van der Waals surface area contributed by atoms with Crippen molar-refractivity contribution in [3.05, 3.63) is 56.6 Å². The van der Waals surface area contributed by atoms with Crippen LogP contribution in [-0.4, -0.2) is 26.4 Å². The fourth-order valence-electron chi connectivity index (χ4n) is 2.96. The van der Waals surface area contributed by atoms with E-state index in [4.69, 9.17) is 11.6 Å². The third-order valence-corrected chi connectivity index (χ3v) is 6.36. The van der Waals surface area contributed by atoms with Crippen LogP contribution in [0.5, 0.6) is 0 Å². The normalized spacial score (nSPS) is 11.1. The first-order valence-corrected chi connectivity index (χ1v) is 11.7. The summed E-state index contributed by atoms with van der Waals surface area (Å²) in [6.07, 6.45) is 0. The number of nitrogens with one attached hydrogen (secondary N) is 1. The predicted molar refractivity (Wildman–Crippen MR) is 129 cm³/mol. The van der Waals surface area contributed by atoms with Crippen LogP contribution in [0.3, 0.4) is 0 Å². The molecule has 1 heterocycles. The molecule has 0 radical (unpaired) electrons. The van der Waals surface area contributed by atoms with E-state index >= 15 is 0 Å². The minimum atomic E-state index is -0.0666. The Hall–Kier alpha value is -1.58. The van der Waals surface area contributed by atoms with E-state index in [0.29, 0.717) is 28.5 Å². The van der Waals surface area contributed by atoms with Crippen molar-refractivity contribution in [1.29, 1.82) is 0 Å². The molecule has 3 rings (SSSR count). The minimum Gasteiger partial charge on any atom is -0.325 e.